The standard InChI is InChI=1S/C10H12ClF3N4O/c1-2-3-15-8(19)5-16-7-4-6(10(12,13)14)17-9(11)18-7/h4H,2-3,5H2,1H3,(H,15,19)(H,16,17,18). The summed E-state index contributed by atoms with van der Waals surface area (Å²) in [5.41, 5.74) is -1.16. The fourth-order valence-corrected chi connectivity index (χ4v) is 1.33. The van der Waals surface area contributed by atoms with Gasteiger partial charge in [0.2, 0.25) is 11.2 Å². The van der Waals surface area contributed by atoms with E-state index in [0.29, 0.717) is 12.6 Å². The van der Waals surface area contributed by atoms with Gasteiger partial charge in [0.15, 0.2) is 5.69 Å². The number of hydrogen-bond acceptors (Lipinski definition) is 4. The maximum absolute atomic E-state index is 12.5. The fraction of sp³-hybridized carbons (Fsp3) is 0.500. The largest absolute Gasteiger partial charge is 0.433 e. The Morgan fingerprint density at radius 1 is 1.42 bits per heavy atom. The van der Waals surface area contributed by atoms with Crippen LogP contribution in [0.5, 0.6) is 0 Å². The van der Waals surface area contributed by atoms with E-state index in [-0.39, 0.29) is 18.3 Å². The smallest absolute Gasteiger partial charge is 0.361 e. The highest BCUT2D eigenvalue weighted by atomic mass is 35.5. The van der Waals surface area contributed by atoms with E-state index in [1.54, 1.807) is 0 Å². The lowest BCUT2D eigenvalue weighted by Crippen LogP contribution is -2.30. The minimum absolute atomic E-state index is 0.154. The van der Waals surface area contributed by atoms with Crippen LogP contribution in [-0.2, 0) is 11.0 Å². The molecule has 1 aromatic rings. The van der Waals surface area contributed by atoms with Crippen LogP contribution >= 0.6 is 11.6 Å². The molecule has 0 saturated carbocycles. The monoisotopic (exact) mass is 296 g/mol. The van der Waals surface area contributed by atoms with Gasteiger partial charge in [0.25, 0.3) is 0 Å². The van der Waals surface area contributed by atoms with Crippen LogP contribution in [0.25, 0.3) is 0 Å². The van der Waals surface area contributed by atoms with E-state index >= 15 is 0 Å². The van der Waals surface area contributed by atoms with Crippen molar-refractivity contribution in [1.29, 1.82) is 0 Å². The average Bonchev–Trinajstić information content (AvgIpc) is 2.32. The Balaban J connectivity index is 2.69. The third kappa shape index (κ3) is 5.29. The molecule has 0 spiro atoms. The molecule has 9 heteroatoms. The third-order valence-corrected chi connectivity index (χ3v) is 2.16. The van der Waals surface area contributed by atoms with E-state index in [9.17, 15) is 18.0 Å². The van der Waals surface area contributed by atoms with Crippen LogP contribution in [0.2, 0.25) is 5.28 Å². The number of nitrogens with zero attached hydrogens (tertiary/aromatic N) is 2. The van der Waals surface area contributed by atoms with Gasteiger partial charge in [0, 0.05) is 12.6 Å². The summed E-state index contributed by atoms with van der Waals surface area (Å²) in [5.74, 6) is -0.496. The number of nitrogens with one attached hydrogen (secondary N) is 2. The van der Waals surface area contributed by atoms with Gasteiger partial charge >= 0.3 is 6.18 Å². The molecule has 0 saturated heterocycles. The van der Waals surface area contributed by atoms with Crippen molar-refractivity contribution in [3.63, 3.8) is 0 Å². The van der Waals surface area contributed by atoms with Crippen molar-refractivity contribution in [3.8, 4) is 0 Å². The van der Waals surface area contributed by atoms with Crippen LogP contribution in [0, 0.1) is 0 Å². The highest BCUT2D eigenvalue weighted by Gasteiger charge is 2.33. The third-order valence-electron chi connectivity index (χ3n) is 1.99. The lowest BCUT2D eigenvalue weighted by Gasteiger charge is -2.09. The van der Waals surface area contributed by atoms with Crippen LogP contribution in [0.4, 0.5) is 19.0 Å². The van der Waals surface area contributed by atoms with E-state index in [1.807, 2.05) is 6.92 Å². The van der Waals surface area contributed by atoms with Crippen molar-refractivity contribution >= 4 is 23.3 Å². The van der Waals surface area contributed by atoms with E-state index in [2.05, 4.69) is 20.6 Å². The molecule has 0 aliphatic rings. The molecular weight excluding hydrogens is 285 g/mol. The SMILES string of the molecule is CCCNC(=O)CNc1cc(C(F)(F)F)nc(Cl)n1. The number of carbonyl (C=O) groups is 1. The predicted molar refractivity (Wildman–Crippen MR) is 63.8 cm³/mol. The van der Waals surface area contributed by atoms with E-state index in [1.165, 1.54) is 0 Å². The summed E-state index contributed by atoms with van der Waals surface area (Å²) in [5, 5.41) is 4.49. The first-order valence-electron chi connectivity index (χ1n) is 5.45. The van der Waals surface area contributed by atoms with Crippen molar-refractivity contribution in [3.05, 3.63) is 17.0 Å². The normalized spacial score (nSPS) is 11.2. The zero-order chi connectivity index (χ0) is 14.5. The number of alkyl halides is 3. The summed E-state index contributed by atoms with van der Waals surface area (Å²) >= 11 is 5.39. The van der Waals surface area contributed by atoms with Gasteiger partial charge in [-0.25, -0.2) is 9.97 Å². The molecule has 106 valence electrons. The van der Waals surface area contributed by atoms with Crippen molar-refractivity contribution in [1.82, 2.24) is 15.3 Å². The first kappa shape index (κ1) is 15.5. The molecule has 1 amide bonds. The molecule has 0 bridgehead atoms. The topological polar surface area (TPSA) is 66.9 Å². The number of hydrogen-bond donors (Lipinski definition) is 2. The van der Waals surface area contributed by atoms with Crippen molar-refractivity contribution in [2.45, 2.75) is 19.5 Å². The first-order chi connectivity index (χ1) is 8.82. The molecule has 0 aliphatic heterocycles. The fourth-order valence-electron chi connectivity index (χ4n) is 1.15. The average molecular weight is 297 g/mol. The van der Waals surface area contributed by atoms with Crippen LogP contribution in [-0.4, -0.2) is 29.0 Å². The number of anilines is 1. The quantitative estimate of drug-likeness (QED) is 0.817. The summed E-state index contributed by atoms with van der Waals surface area (Å²) < 4.78 is 37.4. The molecule has 1 rings (SSSR count). The molecule has 19 heavy (non-hydrogen) atoms. The van der Waals surface area contributed by atoms with E-state index < -0.39 is 17.2 Å². The molecule has 0 radical (unpaired) electrons. The molecule has 2 N–H and O–H groups in total. The highest BCUT2D eigenvalue weighted by molar-refractivity contribution is 6.28. The van der Waals surface area contributed by atoms with Gasteiger partial charge in [0.05, 0.1) is 6.54 Å². The lowest BCUT2D eigenvalue weighted by molar-refractivity contribution is -0.141. The number of halogens is 4. The van der Waals surface area contributed by atoms with Crippen molar-refractivity contribution in [2.24, 2.45) is 0 Å². The van der Waals surface area contributed by atoms with E-state index in [4.69, 9.17) is 11.6 Å². The minimum Gasteiger partial charge on any atom is -0.361 e. The molecule has 1 heterocycles. The van der Waals surface area contributed by atoms with Gasteiger partial charge < -0.3 is 10.6 Å². The van der Waals surface area contributed by atoms with Crippen LogP contribution < -0.4 is 10.6 Å². The molecule has 0 aliphatic carbocycles. The summed E-state index contributed by atoms with van der Waals surface area (Å²) in [7, 11) is 0. The first-order valence-corrected chi connectivity index (χ1v) is 5.83. The second-order valence-corrected chi connectivity index (χ2v) is 3.95. The highest BCUT2D eigenvalue weighted by Crippen LogP contribution is 2.29. The number of rotatable bonds is 5. The van der Waals surface area contributed by atoms with Crippen molar-refractivity contribution < 1.29 is 18.0 Å². The number of amides is 1. The van der Waals surface area contributed by atoms with E-state index in [0.717, 1.165) is 6.42 Å². The molecule has 0 unspecified atom stereocenters. The number of aromatic nitrogens is 2. The molecule has 0 fully saturated rings. The van der Waals surface area contributed by atoms with Gasteiger partial charge in [0.1, 0.15) is 5.82 Å². The number of carbonyl (C=O) groups excluding carboxylic acids is 1. The van der Waals surface area contributed by atoms with Gasteiger partial charge in [-0.3, -0.25) is 4.79 Å². The van der Waals surface area contributed by atoms with Crippen molar-refractivity contribution in [2.75, 3.05) is 18.4 Å². The predicted octanol–water partition coefficient (Wildman–Crippen LogP) is 2.09. The molecular formula is C10H12ClF3N4O. The second kappa shape index (κ2) is 6.55. The summed E-state index contributed by atoms with van der Waals surface area (Å²) in [6.07, 6.45) is -3.85. The Labute approximate surface area is 112 Å². The Morgan fingerprint density at radius 2 is 2.11 bits per heavy atom. The minimum atomic E-state index is -4.62. The van der Waals surface area contributed by atoms with Crippen LogP contribution in [0.15, 0.2) is 6.07 Å². The second-order valence-electron chi connectivity index (χ2n) is 3.61. The zero-order valence-electron chi connectivity index (χ0n) is 10.0. The summed E-state index contributed by atoms with van der Waals surface area (Å²) in [6.45, 7) is 2.19. The summed E-state index contributed by atoms with van der Waals surface area (Å²) in [4.78, 5) is 17.9. The Bertz CT molecular complexity index is 453. The van der Waals surface area contributed by atoms with Crippen LogP contribution in [0.1, 0.15) is 19.0 Å². The molecule has 0 atom stereocenters. The van der Waals surface area contributed by atoms with Gasteiger partial charge in [-0.1, -0.05) is 6.92 Å². The van der Waals surface area contributed by atoms with Gasteiger partial charge in [-0.15, -0.1) is 0 Å². The Kier molecular flexibility index (Phi) is 5.34. The Morgan fingerprint density at radius 3 is 2.68 bits per heavy atom. The summed E-state index contributed by atoms with van der Waals surface area (Å²) in [6, 6.07) is 0.693. The van der Waals surface area contributed by atoms with Gasteiger partial charge in [-0.05, 0) is 18.0 Å². The Hall–Kier alpha value is -1.57. The van der Waals surface area contributed by atoms with Crippen LogP contribution in [0.3, 0.4) is 0 Å². The molecule has 1 aromatic heterocycles. The van der Waals surface area contributed by atoms with Gasteiger partial charge in [-0.2, -0.15) is 13.2 Å². The maximum atomic E-state index is 12.5. The maximum Gasteiger partial charge on any atom is 0.433 e. The molecule has 0 aromatic carbocycles. The zero-order valence-corrected chi connectivity index (χ0v) is 10.8. The lowest BCUT2D eigenvalue weighted by atomic mass is 10.4. The molecule has 5 nitrogen and oxygen atoms in total.